The summed E-state index contributed by atoms with van der Waals surface area (Å²) in [5.41, 5.74) is 5.81. The van der Waals surface area contributed by atoms with Crippen LogP contribution in [0.3, 0.4) is 0 Å². The molecule has 2 saturated heterocycles. The van der Waals surface area contributed by atoms with E-state index in [2.05, 4.69) is 4.98 Å². The summed E-state index contributed by atoms with van der Waals surface area (Å²) in [6.45, 7) is 15.6. The molecule has 2 aromatic heterocycles. The Morgan fingerprint density at radius 2 is 0.821 bits per heavy atom. The van der Waals surface area contributed by atoms with Gasteiger partial charge in [0, 0.05) is 102 Å². The summed E-state index contributed by atoms with van der Waals surface area (Å²) < 4.78 is 89.1. The molecule has 4 aliphatic heterocycles. The van der Waals surface area contributed by atoms with Crippen LogP contribution in [0.1, 0.15) is 123 Å². The number of aliphatic imine (C=N–C) groups is 2. The Morgan fingerprint density at radius 1 is 0.455 bits per heavy atom. The highest BCUT2D eigenvalue weighted by molar-refractivity contribution is 6.05. The van der Waals surface area contributed by atoms with Gasteiger partial charge in [-0.05, 0) is 65.5 Å². The lowest BCUT2D eigenvalue weighted by molar-refractivity contribution is -0.144. The number of nitrogens with zero attached hydrogens (tertiary/aromatic N) is 8. The summed E-state index contributed by atoms with van der Waals surface area (Å²) in [4.78, 5) is 103. The third-order valence-corrected chi connectivity index (χ3v) is 18.0. The lowest BCUT2D eigenvalue weighted by Crippen LogP contribution is -2.36. The van der Waals surface area contributed by atoms with Crippen molar-refractivity contribution in [3.05, 3.63) is 106 Å². The number of allylic oxidation sites excluding steroid dienone is 2. The molecule has 2 atom stereocenters. The maximum absolute atomic E-state index is 13.8. The molecule has 6 heterocycles. The van der Waals surface area contributed by atoms with Crippen LogP contribution in [-0.4, -0.2) is 286 Å². The van der Waals surface area contributed by atoms with Crippen LogP contribution in [0.2, 0.25) is 0 Å². The van der Waals surface area contributed by atoms with Crippen LogP contribution in [0.4, 0.5) is 11.4 Å². The molecule has 32 heteroatoms. The third-order valence-electron chi connectivity index (χ3n) is 18.0. The van der Waals surface area contributed by atoms with E-state index in [9.17, 15) is 39.0 Å². The van der Waals surface area contributed by atoms with Gasteiger partial charge in [0.2, 0.25) is 11.8 Å². The van der Waals surface area contributed by atoms with Gasteiger partial charge in [0.15, 0.2) is 23.0 Å². The number of hydrogen-bond acceptors (Lipinski definition) is 28. The Bertz CT molecular complexity index is 3580. The Morgan fingerprint density at radius 3 is 1.18 bits per heavy atom. The van der Waals surface area contributed by atoms with E-state index in [0.29, 0.717) is 211 Å². The van der Waals surface area contributed by atoms with Crippen molar-refractivity contribution in [2.45, 2.75) is 118 Å². The van der Waals surface area contributed by atoms with E-state index in [1.54, 1.807) is 86.4 Å². The van der Waals surface area contributed by atoms with Gasteiger partial charge < -0.3 is 106 Å². The molecular formula is C80H112N8O24. The summed E-state index contributed by atoms with van der Waals surface area (Å²) in [5.74, 6) is 1.07. The number of aliphatic hydroxyl groups excluding tert-OH is 2. The quantitative estimate of drug-likeness (QED) is 0.0248. The molecule has 0 aliphatic carbocycles. The van der Waals surface area contributed by atoms with Gasteiger partial charge in [-0.15, -0.1) is 0 Å². The lowest BCUT2D eigenvalue weighted by Gasteiger charge is -2.23. The molecule has 4 aliphatic rings. The predicted octanol–water partition coefficient (Wildman–Crippen LogP) is 7.35. The first-order chi connectivity index (χ1) is 54.6. The summed E-state index contributed by atoms with van der Waals surface area (Å²) in [5, 5.41) is 18.7. The number of methoxy groups -OCH3 is 4. The van der Waals surface area contributed by atoms with E-state index in [0.717, 1.165) is 12.8 Å². The second-order valence-corrected chi connectivity index (χ2v) is 25.8. The highest BCUT2D eigenvalue weighted by atomic mass is 16.6. The van der Waals surface area contributed by atoms with Gasteiger partial charge in [-0.1, -0.05) is 23.3 Å². The highest BCUT2D eigenvalue weighted by Crippen LogP contribution is 2.41. The van der Waals surface area contributed by atoms with Crippen molar-refractivity contribution in [3.8, 4) is 34.5 Å². The number of benzene rings is 2. The van der Waals surface area contributed by atoms with Crippen LogP contribution in [-0.2, 0) is 93.0 Å². The number of aromatic nitrogens is 2. The second kappa shape index (κ2) is 50.7. The van der Waals surface area contributed by atoms with E-state index < -0.39 is 0 Å². The summed E-state index contributed by atoms with van der Waals surface area (Å²) in [6.07, 6.45) is 10.7. The standard InChI is InChI=1S/C55H70N6O14.C25H42N2O10/c1-7-37-23-41-31-56-46-29-50(48(67-5)27-44(46)54(64)60(41)33-37)74-35-39-25-43(73-16-14-59(13-10-11-53(63)72-9-3)52(62)12-15-69-19-20-71-22-21-70-18-17-66-4)26-40(58-39)36-75-51-30-47-45(28-49(51)68-6)55(65)61-34-38(8-2)24-42(61)32-57-47;1-3-36-25(31)5-4-7-27(8-10-37-23-17-21(19-28)26-22(18-23)20-29)24(30)6-9-33-13-14-35-16-15-34-12-11-32-2/h7-8,25-32,41-42H,9-24,33-36H2,1-6H3;17-18,28-29H,3-16,19-20H2,1-2H3/b37-7+,38-8+;/t41-,42-;/m0./s1. The molecule has 4 aromatic rings. The first-order valence-electron chi connectivity index (χ1n) is 38.1. The predicted molar refractivity (Wildman–Crippen MR) is 411 cm³/mol. The summed E-state index contributed by atoms with van der Waals surface area (Å²) in [7, 11) is 6.25. The van der Waals surface area contributed by atoms with E-state index in [-0.39, 0.29) is 139 Å². The normalized spacial score (nSPS) is 15.4. The van der Waals surface area contributed by atoms with E-state index in [1.807, 2.05) is 48.2 Å². The van der Waals surface area contributed by atoms with Crippen molar-refractivity contribution in [1.82, 2.24) is 29.6 Å². The number of hydrogen-bond donors (Lipinski definition) is 2. The van der Waals surface area contributed by atoms with Gasteiger partial charge in [-0.2, -0.15) is 0 Å². The molecule has 2 N–H and O–H groups in total. The van der Waals surface area contributed by atoms with Gasteiger partial charge in [0.1, 0.15) is 37.9 Å². The maximum atomic E-state index is 13.8. The number of esters is 2. The van der Waals surface area contributed by atoms with Crippen molar-refractivity contribution in [1.29, 1.82) is 0 Å². The minimum Gasteiger partial charge on any atom is -0.493 e. The zero-order valence-corrected chi connectivity index (χ0v) is 66.0. The fourth-order valence-corrected chi connectivity index (χ4v) is 12.1. The van der Waals surface area contributed by atoms with Crippen molar-refractivity contribution >= 4 is 59.4 Å². The molecular weight excluding hydrogens is 1460 g/mol. The zero-order valence-electron chi connectivity index (χ0n) is 66.0. The van der Waals surface area contributed by atoms with Gasteiger partial charge in [0.25, 0.3) is 11.8 Å². The molecule has 32 nitrogen and oxygen atoms in total. The second-order valence-electron chi connectivity index (χ2n) is 25.8. The van der Waals surface area contributed by atoms with Gasteiger partial charge in [-0.25, -0.2) is 0 Å². The van der Waals surface area contributed by atoms with Crippen LogP contribution < -0.4 is 28.4 Å². The summed E-state index contributed by atoms with van der Waals surface area (Å²) in [6, 6.07) is 13.0. The highest BCUT2D eigenvalue weighted by Gasteiger charge is 2.37. The minimum atomic E-state index is -0.337. The van der Waals surface area contributed by atoms with E-state index in [1.165, 1.54) is 25.4 Å². The number of aliphatic hydroxyl groups is 2. The number of carbonyl (C=O) groups excluding carboxylic acids is 6. The Labute approximate surface area is 655 Å². The van der Waals surface area contributed by atoms with Crippen LogP contribution in [0.15, 0.2) is 81.8 Å². The van der Waals surface area contributed by atoms with Gasteiger partial charge in [-0.3, -0.25) is 48.7 Å². The number of pyridine rings is 2. The van der Waals surface area contributed by atoms with Crippen molar-refractivity contribution in [2.75, 3.05) is 187 Å². The molecule has 112 heavy (non-hydrogen) atoms. The number of carbonyl (C=O) groups is 6. The fourth-order valence-electron chi connectivity index (χ4n) is 12.1. The van der Waals surface area contributed by atoms with Crippen LogP contribution in [0.25, 0.3) is 0 Å². The topological polar surface area (TPSA) is 354 Å². The SMILES string of the molecule is C/C=C1\C[C@H]2C=Nc3cc(OCc4cc(OCCN(CCCC(=O)OCC)C(=O)CCOCCOCCOCCOC)cc(COc5cc6c(cc5OC)C(=O)N5C/C(=C/C)C[C@H]5C=N6)n4)c(OC)cc3C(=O)N2C1.CCOC(=O)CCCN(CCOc1cc(CO)nc(CO)c1)C(=O)CCOCCOCCOCCOC. The molecule has 0 spiro atoms. The zero-order chi connectivity index (χ0) is 80.2. The van der Waals surface area contributed by atoms with Crippen molar-refractivity contribution in [3.63, 3.8) is 0 Å². The van der Waals surface area contributed by atoms with Crippen LogP contribution in [0.5, 0.6) is 34.5 Å². The molecule has 616 valence electrons. The van der Waals surface area contributed by atoms with E-state index >= 15 is 0 Å². The Balaban J connectivity index is 0.000000396. The molecule has 0 saturated carbocycles. The largest absolute Gasteiger partial charge is 0.493 e. The molecule has 0 bridgehead atoms. The van der Waals surface area contributed by atoms with Gasteiger partial charge in [0.05, 0.1) is 216 Å². The molecule has 8 rings (SSSR count). The Kier molecular flexibility index (Phi) is 40.7. The smallest absolute Gasteiger partial charge is 0.305 e. The first-order valence-corrected chi connectivity index (χ1v) is 38.1. The average molecular weight is 1570 g/mol. The van der Waals surface area contributed by atoms with Crippen LogP contribution in [0, 0.1) is 0 Å². The molecule has 0 radical (unpaired) electrons. The molecule has 0 unspecified atom stereocenters. The number of rotatable bonds is 52. The molecule has 2 fully saturated rings. The lowest BCUT2D eigenvalue weighted by atomic mass is 10.1. The minimum absolute atomic E-state index is 0.0479. The third kappa shape index (κ3) is 30.0. The number of ether oxygens (including phenoxy) is 16. The molecule has 2 aromatic carbocycles. The van der Waals surface area contributed by atoms with Crippen LogP contribution >= 0.6 is 0 Å². The van der Waals surface area contributed by atoms with Gasteiger partial charge >= 0.3 is 11.9 Å². The first kappa shape index (κ1) is 90.0. The van der Waals surface area contributed by atoms with Crippen molar-refractivity contribution < 1.29 is 115 Å². The number of fused-ring (bicyclic) bond motifs is 4. The monoisotopic (exact) mass is 1570 g/mol. The maximum Gasteiger partial charge on any atom is 0.305 e. The fraction of sp³-hybridized carbons (Fsp3) is 0.575. The number of amides is 4. The average Bonchev–Trinajstić information content (AvgIpc) is 1.63. The van der Waals surface area contributed by atoms with Crippen molar-refractivity contribution in [2.24, 2.45) is 9.98 Å². The molecule has 4 amide bonds. The summed E-state index contributed by atoms with van der Waals surface area (Å²) >= 11 is 0. The Hall–Kier alpha value is -9.22. The van der Waals surface area contributed by atoms with E-state index in [4.69, 9.17) is 90.8 Å².